The van der Waals surface area contributed by atoms with E-state index in [2.05, 4.69) is 4.98 Å². The van der Waals surface area contributed by atoms with Gasteiger partial charge in [-0.15, -0.1) is 0 Å². The van der Waals surface area contributed by atoms with E-state index >= 15 is 0 Å². The molecule has 0 saturated heterocycles. The first-order valence-electron chi connectivity index (χ1n) is 7.09. The minimum atomic E-state index is 0.329. The third-order valence-electron chi connectivity index (χ3n) is 3.52. The molecule has 0 amide bonds. The number of halogens is 2. The van der Waals surface area contributed by atoms with Gasteiger partial charge in [0, 0.05) is 22.7 Å². The number of rotatable bonds is 4. The quantitative estimate of drug-likeness (QED) is 0.629. The van der Waals surface area contributed by atoms with Gasteiger partial charge in [0.05, 0.1) is 22.7 Å². The molecule has 0 unspecified atom stereocenters. The molecule has 0 radical (unpaired) electrons. The minimum absolute atomic E-state index is 0.329. The van der Waals surface area contributed by atoms with Crippen molar-refractivity contribution in [2.75, 3.05) is 7.11 Å². The highest BCUT2D eigenvalue weighted by atomic mass is 35.5. The number of ether oxygens (including phenoxy) is 2. The number of methoxy groups -OCH3 is 1. The van der Waals surface area contributed by atoms with Gasteiger partial charge in [-0.25, -0.2) is 0 Å². The Kier molecular flexibility index (Phi) is 4.60. The first kappa shape index (κ1) is 15.9. The zero-order valence-electron chi connectivity index (χ0n) is 12.8. The zero-order chi connectivity index (χ0) is 16.4. The number of aryl methyl sites for hydroxylation is 1. The van der Waals surface area contributed by atoms with Gasteiger partial charge in [0.2, 0.25) is 0 Å². The molecule has 3 nitrogen and oxygen atoms in total. The molecule has 2 aromatic carbocycles. The van der Waals surface area contributed by atoms with Gasteiger partial charge in [0.25, 0.3) is 0 Å². The number of hydrogen-bond donors (Lipinski definition) is 0. The Balaban J connectivity index is 1.97. The molecule has 5 heteroatoms. The van der Waals surface area contributed by atoms with Gasteiger partial charge in [0.1, 0.15) is 18.1 Å². The number of aromatic nitrogens is 1. The summed E-state index contributed by atoms with van der Waals surface area (Å²) in [6.45, 7) is 2.26. The lowest BCUT2D eigenvalue weighted by Gasteiger charge is -2.12. The number of nitrogens with zero attached hydrogens (tertiary/aromatic N) is 1. The second kappa shape index (κ2) is 6.65. The van der Waals surface area contributed by atoms with Crippen molar-refractivity contribution in [1.82, 2.24) is 4.98 Å². The number of pyridine rings is 1. The van der Waals surface area contributed by atoms with Crippen molar-refractivity contribution < 1.29 is 9.47 Å². The van der Waals surface area contributed by atoms with Gasteiger partial charge < -0.3 is 9.47 Å². The Labute approximate surface area is 144 Å². The first-order valence-corrected chi connectivity index (χ1v) is 7.85. The highest BCUT2D eigenvalue weighted by Crippen LogP contribution is 2.31. The first-order chi connectivity index (χ1) is 11.1. The van der Waals surface area contributed by atoms with Gasteiger partial charge in [-0.3, -0.25) is 4.98 Å². The normalized spacial score (nSPS) is 10.8. The van der Waals surface area contributed by atoms with Crippen LogP contribution in [0.3, 0.4) is 0 Å². The summed E-state index contributed by atoms with van der Waals surface area (Å²) in [4.78, 5) is 4.52. The van der Waals surface area contributed by atoms with Crippen molar-refractivity contribution in [3.63, 3.8) is 0 Å². The Morgan fingerprint density at radius 2 is 1.91 bits per heavy atom. The van der Waals surface area contributed by atoms with E-state index in [9.17, 15) is 0 Å². The van der Waals surface area contributed by atoms with Crippen molar-refractivity contribution in [1.29, 1.82) is 0 Å². The predicted octanol–water partition coefficient (Wildman–Crippen LogP) is 5.44. The molecular weight excluding hydrogens is 333 g/mol. The summed E-state index contributed by atoms with van der Waals surface area (Å²) in [5.74, 6) is 1.50. The van der Waals surface area contributed by atoms with Crippen LogP contribution in [0.25, 0.3) is 10.9 Å². The lowest BCUT2D eigenvalue weighted by molar-refractivity contribution is 0.309. The zero-order valence-corrected chi connectivity index (χ0v) is 14.3. The number of fused-ring (bicyclic) bond motifs is 1. The standard InChI is InChI=1S/C18H15Cl2NO2/c1-11-8-17(14-9-13(22-2)6-7-16(14)21-11)23-10-12-4-3-5-15(19)18(12)20/h3-9H,10H2,1-2H3. The molecule has 0 aliphatic rings. The van der Waals surface area contributed by atoms with Crippen LogP contribution in [0.1, 0.15) is 11.3 Å². The van der Waals surface area contributed by atoms with Gasteiger partial charge >= 0.3 is 0 Å². The van der Waals surface area contributed by atoms with E-state index in [-0.39, 0.29) is 0 Å². The van der Waals surface area contributed by atoms with E-state index in [1.54, 1.807) is 13.2 Å². The summed E-state index contributed by atoms with van der Waals surface area (Å²) < 4.78 is 11.3. The smallest absolute Gasteiger partial charge is 0.131 e. The topological polar surface area (TPSA) is 31.4 Å². The van der Waals surface area contributed by atoms with E-state index in [0.29, 0.717) is 16.7 Å². The van der Waals surface area contributed by atoms with E-state index in [1.165, 1.54) is 0 Å². The monoisotopic (exact) mass is 347 g/mol. The van der Waals surface area contributed by atoms with Crippen LogP contribution in [-0.4, -0.2) is 12.1 Å². The molecule has 1 aromatic heterocycles. The maximum atomic E-state index is 6.21. The van der Waals surface area contributed by atoms with Crippen LogP contribution < -0.4 is 9.47 Å². The summed E-state index contributed by atoms with van der Waals surface area (Å²) in [7, 11) is 1.63. The Morgan fingerprint density at radius 3 is 2.70 bits per heavy atom. The largest absolute Gasteiger partial charge is 0.497 e. The van der Waals surface area contributed by atoms with E-state index < -0.39 is 0 Å². The van der Waals surface area contributed by atoms with Crippen LogP contribution in [0.2, 0.25) is 10.0 Å². The molecular formula is C18H15Cl2NO2. The molecule has 1 heterocycles. The highest BCUT2D eigenvalue weighted by Gasteiger charge is 2.09. The molecule has 0 saturated carbocycles. The third-order valence-corrected chi connectivity index (χ3v) is 4.38. The van der Waals surface area contributed by atoms with Crippen LogP contribution in [0.4, 0.5) is 0 Å². The van der Waals surface area contributed by atoms with Crippen LogP contribution in [-0.2, 0) is 6.61 Å². The maximum absolute atomic E-state index is 6.21. The third kappa shape index (κ3) is 3.36. The molecule has 0 aliphatic carbocycles. The average molecular weight is 348 g/mol. The summed E-state index contributed by atoms with van der Waals surface area (Å²) >= 11 is 12.3. The van der Waals surface area contributed by atoms with Gasteiger partial charge in [-0.2, -0.15) is 0 Å². The Bertz CT molecular complexity index is 865. The van der Waals surface area contributed by atoms with Crippen molar-refractivity contribution in [2.45, 2.75) is 13.5 Å². The van der Waals surface area contributed by atoms with E-state index in [1.807, 2.05) is 43.3 Å². The van der Waals surface area contributed by atoms with Crippen molar-refractivity contribution in [3.8, 4) is 11.5 Å². The molecule has 3 aromatic rings. The predicted molar refractivity (Wildman–Crippen MR) is 93.8 cm³/mol. The second-order valence-corrected chi connectivity index (χ2v) is 5.93. The van der Waals surface area contributed by atoms with Gasteiger partial charge in [-0.1, -0.05) is 35.3 Å². The van der Waals surface area contributed by atoms with Crippen LogP contribution >= 0.6 is 23.2 Å². The SMILES string of the molecule is COc1ccc2nc(C)cc(OCc3cccc(Cl)c3Cl)c2c1. The summed E-state index contributed by atoms with van der Waals surface area (Å²) in [6.07, 6.45) is 0. The molecule has 0 N–H and O–H groups in total. The summed E-state index contributed by atoms with van der Waals surface area (Å²) in [5, 5.41) is 1.93. The average Bonchev–Trinajstić information content (AvgIpc) is 2.55. The van der Waals surface area contributed by atoms with Crippen molar-refractivity contribution in [2.24, 2.45) is 0 Å². The fourth-order valence-electron chi connectivity index (χ4n) is 2.36. The van der Waals surface area contributed by atoms with E-state index in [4.69, 9.17) is 32.7 Å². The molecule has 118 valence electrons. The lowest BCUT2D eigenvalue weighted by atomic mass is 10.1. The Morgan fingerprint density at radius 1 is 1.09 bits per heavy atom. The maximum Gasteiger partial charge on any atom is 0.131 e. The van der Waals surface area contributed by atoms with Crippen LogP contribution in [0, 0.1) is 6.92 Å². The molecule has 23 heavy (non-hydrogen) atoms. The van der Waals surface area contributed by atoms with Crippen LogP contribution in [0.5, 0.6) is 11.5 Å². The minimum Gasteiger partial charge on any atom is -0.497 e. The number of benzene rings is 2. The lowest BCUT2D eigenvalue weighted by Crippen LogP contribution is -1.99. The highest BCUT2D eigenvalue weighted by molar-refractivity contribution is 6.42. The summed E-state index contributed by atoms with van der Waals surface area (Å²) in [5.41, 5.74) is 2.58. The van der Waals surface area contributed by atoms with Crippen LogP contribution in [0.15, 0.2) is 42.5 Å². The molecule has 0 bridgehead atoms. The molecule has 0 aliphatic heterocycles. The fraction of sp³-hybridized carbons (Fsp3) is 0.167. The fourth-order valence-corrected chi connectivity index (χ4v) is 2.74. The second-order valence-electron chi connectivity index (χ2n) is 5.15. The molecule has 3 rings (SSSR count). The molecule has 0 atom stereocenters. The Hall–Kier alpha value is -1.97. The summed E-state index contributed by atoms with van der Waals surface area (Å²) in [6, 6.07) is 13.1. The van der Waals surface area contributed by atoms with Gasteiger partial charge in [0.15, 0.2) is 0 Å². The van der Waals surface area contributed by atoms with E-state index in [0.717, 1.165) is 33.7 Å². The molecule has 0 fully saturated rings. The number of hydrogen-bond acceptors (Lipinski definition) is 3. The van der Waals surface area contributed by atoms with Crippen molar-refractivity contribution >= 4 is 34.1 Å². The molecule has 0 spiro atoms. The van der Waals surface area contributed by atoms with Crippen molar-refractivity contribution in [3.05, 3.63) is 63.8 Å². The van der Waals surface area contributed by atoms with Gasteiger partial charge in [-0.05, 0) is 31.2 Å².